The number of carboxylic acids is 1. The molecule has 39 heavy (non-hydrogen) atoms. The van der Waals surface area contributed by atoms with Crippen LogP contribution < -0.4 is 15.0 Å². The Morgan fingerprint density at radius 3 is 2.56 bits per heavy atom. The molecule has 0 saturated carbocycles. The van der Waals surface area contributed by atoms with E-state index in [-0.39, 0.29) is 0 Å². The number of hydrogen-bond donors (Lipinski definition) is 3. The van der Waals surface area contributed by atoms with Crippen molar-refractivity contribution in [3.63, 3.8) is 0 Å². The van der Waals surface area contributed by atoms with Crippen molar-refractivity contribution in [1.29, 1.82) is 0 Å². The second-order valence-corrected chi connectivity index (χ2v) is 8.33. The van der Waals surface area contributed by atoms with E-state index in [0.29, 0.717) is 5.82 Å². The first-order chi connectivity index (χ1) is 18.7. The van der Waals surface area contributed by atoms with E-state index in [2.05, 4.69) is 36.6 Å². The molecular formula is C25H25F3N6O5. The fourth-order valence-electron chi connectivity index (χ4n) is 3.84. The smallest absolute Gasteiger partial charge is 0.490 e. The number of aliphatic carboxylic acids is 1. The number of methoxy groups -OCH3 is 1. The Labute approximate surface area is 220 Å². The number of rotatable bonds is 6. The van der Waals surface area contributed by atoms with Gasteiger partial charge in [-0.1, -0.05) is 5.16 Å². The van der Waals surface area contributed by atoms with Crippen molar-refractivity contribution in [2.75, 3.05) is 43.6 Å². The predicted molar refractivity (Wildman–Crippen MR) is 135 cm³/mol. The van der Waals surface area contributed by atoms with Crippen LogP contribution >= 0.6 is 0 Å². The summed E-state index contributed by atoms with van der Waals surface area (Å²) < 4.78 is 48.1. The van der Waals surface area contributed by atoms with Crippen molar-refractivity contribution >= 4 is 23.2 Å². The number of alkyl halides is 3. The Morgan fingerprint density at radius 1 is 1.18 bits per heavy atom. The number of ether oxygens (including phenoxy) is 2. The maximum absolute atomic E-state index is 10.6. The van der Waals surface area contributed by atoms with Gasteiger partial charge in [-0.2, -0.15) is 18.3 Å². The molecule has 1 aromatic carbocycles. The summed E-state index contributed by atoms with van der Waals surface area (Å²) in [4.78, 5) is 15.7. The van der Waals surface area contributed by atoms with Gasteiger partial charge in [0.1, 0.15) is 23.5 Å². The zero-order valence-electron chi connectivity index (χ0n) is 21.0. The van der Waals surface area contributed by atoms with Gasteiger partial charge >= 0.3 is 12.1 Å². The average molecular weight is 547 g/mol. The van der Waals surface area contributed by atoms with E-state index in [1.54, 1.807) is 25.8 Å². The molecular weight excluding hydrogens is 521 g/mol. The molecule has 0 bridgehead atoms. The zero-order chi connectivity index (χ0) is 28.0. The van der Waals surface area contributed by atoms with E-state index in [0.717, 1.165) is 71.5 Å². The third-order valence-corrected chi connectivity index (χ3v) is 5.79. The number of carboxylic acid groups (broad SMARTS) is 1. The third kappa shape index (κ3) is 6.65. The van der Waals surface area contributed by atoms with E-state index in [1.165, 1.54) is 0 Å². The summed E-state index contributed by atoms with van der Waals surface area (Å²) >= 11 is 0. The quantitative estimate of drug-likeness (QED) is 0.313. The molecule has 0 spiro atoms. The van der Waals surface area contributed by atoms with Gasteiger partial charge in [-0.3, -0.25) is 5.10 Å². The van der Waals surface area contributed by atoms with Crippen molar-refractivity contribution < 1.29 is 37.1 Å². The molecule has 0 unspecified atom stereocenters. The monoisotopic (exact) mass is 546 g/mol. The van der Waals surface area contributed by atoms with E-state index in [9.17, 15) is 13.2 Å². The minimum absolute atomic E-state index is 0.679. The van der Waals surface area contributed by atoms with Gasteiger partial charge < -0.3 is 29.3 Å². The van der Waals surface area contributed by atoms with Gasteiger partial charge in [0.15, 0.2) is 0 Å². The average Bonchev–Trinajstić information content (AvgIpc) is 3.58. The van der Waals surface area contributed by atoms with Gasteiger partial charge in [-0.15, -0.1) is 0 Å². The summed E-state index contributed by atoms with van der Waals surface area (Å²) in [6, 6.07) is 9.97. The number of pyridine rings is 1. The van der Waals surface area contributed by atoms with Crippen LogP contribution in [0, 0.1) is 6.92 Å². The van der Waals surface area contributed by atoms with Gasteiger partial charge in [0.25, 0.3) is 0 Å². The molecule has 0 amide bonds. The second kappa shape index (κ2) is 11.9. The van der Waals surface area contributed by atoms with Crippen LogP contribution in [-0.4, -0.2) is 71.0 Å². The minimum atomic E-state index is -5.08. The van der Waals surface area contributed by atoms with Crippen molar-refractivity contribution in [2.45, 2.75) is 13.1 Å². The van der Waals surface area contributed by atoms with Crippen molar-refractivity contribution in [1.82, 2.24) is 20.3 Å². The number of nitrogens with zero attached hydrogens (tertiary/aromatic N) is 4. The SMILES string of the molecule is COc1cc(N2CCOCC2)ccc1Nc1cc(-c2nocc2-c2cn[nH]c2C)ccn1.O=C(O)C(F)(F)F. The summed E-state index contributed by atoms with van der Waals surface area (Å²) in [5.74, 6) is -1.33. The van der Waals surface area contributed by atoms with Crippen LogP contribution in [0.3, 0.4) is 0 Å². The minimum Gasteiger partial charge on any atom is -0.494 e. The Kier molecular flexibility index (Phi) is 8.34. The highest BCUT2D eigenvalue weighted by Crippen LogP contribution is 2.35. The van der Waals surface area contributed by atoms with Crippen LogP contribution in [0.25, 0.3) is 22.4 Å². The van der Waals surface area contributed by atoms with Crippen LogP contribution in [0.15, 0.2) is 53.5 Å². The largest absolute Gasteiger partial charge is 0.494 e. The van der Waals surface area contributed by atoms with Crippen LogP contribution in [0.2, 0.25) is 0 Å². The van der Waals surface area contributed by atoms with Crippen LogP contribution in [-0.2, 0) is 9.53 Å². The molecule has 3 N–H and O–H groups in total. The number of halogens is 3. The summed E-state index contributed by atoms with van der Waals surface area (Å²) in [6.45, 7) is 5.18. The van der Waals surface area contributed by atoms with E-state index < -0.39 is 12.1 Å². The van der Waals surface area contributed by atoms with Crippen molar-refractivity contribution in [3.05, 3.63) is 54.7 Å². The zero-order valence-corrected chi connectivity index (χ0v) is 21.0. The molecule has 4 heterocycles. The van der Waals surface area contributed by atoms with Gasteiger partial charge in [-0.05, 0) is 31.2 Å². The lowest BCUT2D eigenvalue weighted by molar-refractivity contribution is -0.192. The maximum Gasteiger partial charge on any atom is 0.490 e. The predicted octanol–water partition coefficient (Wildman–Crippen LogP) is 4.66. The number of H-pyrrole nitrogens is 1. The highest BCUT2D eigenvalue weighted by Gasteiger charge is 2.38. The van der Waals surface area contributed by atoms with E-state index in [4.69, 9.17) is 23.9 Å². The molecule has 0 radical (unpaired) electrons. The molecule has 1 aliphatic rings. The number of aromatic amines is 1. The summed E-state index contributed by atoms with van der Waals surface area (Å²) in [6.07, 6.45) is 0.0631. The van der Waals surface area contributed by atoms with Crippen LogP contribution in [0.4, 0.5) is 30.4 Å². The van der Waals surface area contributed by atoms with Crippen LogP contribution in [0.5, 0.6) is 5.75 Å². The molecule has 4 aromatic rings. The molecule has 1 aliphatic heterocycles. The normalized spacial score (nSPS) is 13.4. The Bertz CT molecular complexity index is 1420. The highest BCUT2D eigenvalue weighted by atomic mass is 19.4. The number of benzene rings is 1. The fourth-order valence-corrected chi connectivity index (χ4v) is 3.84. The summed E-state index contributed by atoms with van der Waals surface area (Å²) in [7, 11) is 1.67. The lowest BCUT2D eigenvalue weighted by Crippen LogP contribution is -2.36. The van der Waals surface area contributed by atoms with E-state index >= 15 is 0 Å². The van der Waals surface area contributed by atoms with Gasteiger partial charge in [-0.25, -0.2) is 9.78 Å². The third-order valence-electron chi connectivity index (χ3n) is 5.79. The standard InChI is InChI=1S/C23H24N6O3.C2HF3O2/c1-15-18(13-25-27-15)19-14-32-28-23(19)16-5-6-24-22(11-16)26-20-4-3-17(12-21(20)30-2)29-7-9-31-10-8-29;3-2(4,5)1(6)7/h3-6,11-14H,7-10H2,1-2H3,(H,24,26)(H,25,27);(H,6,7). The number of aryl methyl sites for hydroxylation is 1. The topological polar surface area (TPSA) is 139 Å². The van der Waals surface area contributed by atoms with Gasteiger partial charge in [0.2, 0.25) is 0 Å². The molecule has 206 valence electrons. The Balaban J connectivity index is 0.000000448. The molecule has 0 aliphatic carbocycles. The van der Waals surface area contributed by atoms with Gasteiger partial charge in [0, 0.05) is 47.9 Å². The molecule has 11 nitrogen and oxygen atoms in total. The van der Waals surface area contributed by atoms with Crippen LogP contribution in [0.1, 0.15) is 5.69 Å². The number of nitrogens with one attached hydrogen (secondary N) is 2. The van der Waals surface area contributed by atoms with E-state index in [1.807, 2.05) is 31.2 Å². The lowest BCUT2D eigenvalue weighted by atomic mass is 10.0. The summed E-state index contributed by atoms with van der Waals surface area (Å²) in [5.41, 5.74) is 6.34. The number of morpholine rings is 1. The first-order valence-electron chi connectivity index (χ1n) is 11.7. The molecule has 0 atom stereocenters. The number of anilines is 3. The fraction of sp³-hybridized carbons (Fsp3) is 0.280. The summed E-state index contributed by atoms with van der Waals surface area (Å²) in [5, 5.41) is 21.8. The molecule has 3 aromatic heterocycles. The molecule has 1 fully saturated rings. The first-order valence-corrected chi connectivity index (χ1v) is 11.7. The number of carbonyl (C=O) groups is 1. The van der Waals surface area contributed by atoms with Gasteiger partial charge in [0.05, 0.1) is 37.8 Å². The first kappa shape index (κ1) is 27.4. The number of aromatic nitrogens is 4. The maximum atomic E-state index is 10.6. The highest BCUT2D eigenvalue weighted by molar-refractivity contribution is 5.82. The number of hydrogen-bond acceptors (Lipinski definition) is 9. The second-order valence-electron chi connectivity index (χ2n) is 8.33. The Hall–Kier alpha value is -4.59. The molecule has 5 rings (SSSR count). The lowest BCUT2D eigenvalue weighted by Gasteiger charge is -2.29. The van der Waals surface area contributed by atoms with Crippen molar-refractivity contribution in [2.24, 2.45) is 0 Å². The molecule has 1 saturated heterocycles. The van der Waals surface area contributed by atoms with Crippen molar-refractivity contribution in [3.8, 4) is 28.1 Å². The molecule has 14 heteroatoms. The Morgan fingerprint density at radius 2 is 1.92 bits per heavy atom.